The lowest BCUT2D eigenvalue weighted by atomic mass is 10.2. The Morgan fingerprint density at radius 3 is 2.83 bits per heavy atom. The molecular formula is C16H17FN4O3. The van der Waals surface area contributed by atoms with Crippen LogP contribution in [0.5, 0.6) is 0 Å². The zero-order chi connectivity index (χ0) is 17.1. The molecule has 8 heteroatoms. The fourth-order valence-electron chi connectivity index (χ4n) is 2.55. The number of nitrogens with zero attached hydrogens (tertiary/aromatic N) is 2. The number of hydrogen-bond donors (Lipinski definition) is 2. The van der Waals surface area contributed by atoms with Gasteiger partial charge in [-0.15, -0.1) is 0 Å². The van der Waals surface area contributed by atoms with Gasteiger partial charge in [0.2, 0.25) is 0 Å². The lowest BCUT2D eigenvalue weighted by Gasteiger charge is -2.11. The minimum Gasteiger partial charge on any atom is -0.368 e. The van der Waals surface area contributed by atoms with E-state index in [-0.39, 0.29) is 17.2 Å². The van der Waals surface area contributed by atoms with Crippen LogP contribution in [0.4, 0.5) is 4.39 Å². The van der Waals surface area contributed by atoms with Gasteiger partial charge in [0.15, 0.2) is 0 Å². The molecule has 1 unspecified atom stereocenters. The number of aromatic nitrogens is 2. The number of ether oxygens (including phenoxy) is 1. The average molecular weight is 332 g/mol. The van der Waals surface area contributed by atoms with Gasteiger partial charge in [0.05, 0.1) is 17.5 Å². The summed E-state index contributed by atoms with van der Waals surface area (Å²) < 4.78 is 20.4. The Kier molecular flexibility index (Phi) is 4.57. The molecule has 126 valence electrons. The second-order valence-corrected chi connectivity index (χ2v) is 5.45. The Hall–Kier alpha value is -2.74. The maximum atomic E-state index is 13.9. The van der Waals surface area contributed by atoms with Crippen LogP contribution >= 0.6 is 0 Å². The van der Waals surface area contributed by atoms with E-state index in [4.69, 9.17) is 4.74 Å². The van der Waals surface area contributed by atoms with Gasteiger partial charge in [-0.1, -0.05) is 12.1 Å². The van der Waals surface area contributed by atoms with Crippen LogP contribution in [-0.2, 0) is 9.53 Å². The summed E-state index contributed by atoms with van der Waals surface area (Å²) in [4.78, 5) is 24.0. The summed E-state index contributed by atoms with van der Waals surface area (Å²) in [5.74, 6) is -1.36. The molecule has 7 nitrogen and oxygen atoms in total. The molecule has 0 aliphatic carbocycles. The fraction of sp³-hybridized carbons (Fsp3) is 0.312. The first-order valence-electron chi connectivity index (χ1n) is 7.59. The van der Waals surface area contributed by atoms with E-state index in [0.29, 0.717) is 18.7 Å². The van der Waals surface area contributed by atoms with Crippen LogP contribution in [0.1, 0.15) is 28.9 Å². The average Bonchev–Trinajstić information content (AvgIpc) is 3.23. The zero-order valence-corrected chi connectivity index (χ0v) is 13.1. The molecule has 2 amide bonds. The number of hydrogen-bond acceptors (Lipinski definition) is 4. The Bertz CT molecular complexity index is 768. The first-order valence-corrected chi connectivity index (χ1v) is 7.59. The number of benzene rings is 1. The molecule has 0 bridgehead atoms. The molecule has 2 heterocycles. The van der Waals surface area contributed by atoms with Gasteiger partial charge in [-0.25, -0.2) is 9.07 Å². The molecule has 0 saturated carbocycles. The monoisotopic (exact) mass is 332 g/mol. The van der Waals surface area contributed by atoms with Crippen LogP contribution in [-0.4, -0.2) is 34.3 Å². The summed E-state index contributed by atoms with van der Waals surface area (Å²) in [6, 6.07) is 6.14. The highest BCUT2D eigenvalue weighted by atomic mass is 19.1. The molecule has 0 radical (unpaired) electrons. The molecule has 24 heavy (non-hydrogen) atoms. The van der Waals surface area contributed by atoms with E-state index in [1.54, 1.807) is 25.1 Å². The molecule has 2 aromatic rings. The standard InChI is InChI=1S/C16H17FN4O3/c1-10-11(9-18-21(10)13-6-3-2-5-12(13)17)15(22)19-20-16(23)14-7-4-8-24-14/h2-3,5-6,9,14H,4,7-8H2,1H3,(H,19,22)(H,20,23). The smallest absolute Gasteiger partial charge is 0.273 e. The predicted octanol–water partition coefficient (Wildman–Crippen LogP) is 1.26. The highest BCUT2D eigenvalue weighted by Gasteiger charge is 2.24. The van der Waals surface area contributed by atoms with E-state index in [2.05, 4.69) is 16.0 Å². The Balaban J connectivity index is 1.70. The molecule has 2 N–H and O–H groups in total. The number of carbonyl (C=O) groups excluding carboxylic acids is 2. The van der Waals surface area contributed by atoms with Crippen molar-refractivity contribution in [1.82, 2.24) is 20.6 Å². The van der Waals surface area contributed by atoms with Crippen molar-refractivity contribution in [3.05, 3.63) is 47.5 Å². The minimum atomic E-state index is -0.535. The summed E-state index contributed by atoms with van der Waals surface area (Å²) in [5.41, 5.74) is 5.62. The number of halogens is 1. The van der Waals surface area contributed by atoms with E-state index >= 15 is 0 Å². The Labute approximate surface area is 137 Å². The van der Waals surface area contributed by atoms with E-state index in [1.807, 2.05) is 0 Å². The Morgan fingerprint density at radius 2 is 2.12 bits per heavy atom. The molecule has 1 aromatic heterocycles. The van der Waals surface area contributed by atoms with E-state index in [1.165, 1.54) is 16.9 Å². The number of rotatable bonds is 3. The van der Waals surface area contributed by atoms with Gasteiger partial charge >= 0.3 is 0 Å². The minimum absolute atomic E-state index is 0.242. The molecule has 1 aliphatic heterocycles. The molecule has 3 rings (SSSR count). The molecule has 1 atom stereocenters. The highest BCUT2D eigenvalue weighted by molar-refractivity contribution is 5.96. The second kappa shape index (κ2) is 6.79. The van der Waals surface area contributed by atoms with Crippen molar-refractivity contribution in [2.75, 3.05) is 6.61 Å². The van der Waals surface area contributed by atoms with Gasteiger partial charge < -0.3 is 4.74 Å². The third-order valence-corrected chi connectivity index (χ3v) is 3.86. The molecule has 1 fully saturated rings. The van der Waals surface area contributed by atoms with Gasteiger partial charge in [0.25, 0.3) is 11.8 Å². The number of carbonyl (C=O) groups is 2. The molecule has 1 aliphatic rings. The third-order valence-electron chi connectivity index (χ3n) is 3.86. The van der Waals surface area contributed by atoms with Crippen LogP contribution in [0.25, 0.3) is 5.69 Å². The van der Waals surface area contributed by atoms with Crippen LogP contribution in [0.3, 0.4) is 0 Å². The summed E-state index contributed by atoms with van der Waals surface area (Å²) in [6.45, 7) is 2.19. The van der Waals surface area contributed by atoms with E-state index < -0.39 is 17.8 Å². The van der Waals surface area contributed by atoms with Crippen molar-refractivity contribution in [2.24, 2.45) is 0 Å². The van der Waals surface area contributed by atoms with Crippen LogP contribution < -0.4 is 10.9 Å². The summed E-state index contributed by atoms with van der Waals surface area (Å²) in [6.07, 6.45) is 2.24. The van der Waals surface area contributed by atoms with Crippen LogP contribution in [0, 0.1) is 12.7 Å². The lowest BCUT2D eigenvalue weighted by molar-refractivity contribution is -0.130. The molecule has 1 saturated heterocycles. The van der Waals surface area contributed by atoms with Crippen molar-refractivity contribution in [3.8, 4) is 5.69 Å². The quantitative estimate of drug-likeness (QED) is 0.829. The second-order valence-electron chi connectivity index (χ2n) is 5.45. The van der Waals surface area contributed by atoms with Crippen molar-refractivity contribution in [1.29, 1.82) is 0 Å². The molecule has 0 spiro atoms. The largest absolute Gasteiger partial charge is 0.368 e. The predicted molar refractivity (Wildman–Crippen MR) is 82.8 cm³/mol. The van der Waals surface area contributed by atoms with E-state index in [9.17, 15) is 14.0 Å². The van der Waals surface area contributed by atoms with Crippen molar-refractivity contribution >= 4 is 11.8 Å². The maximum absolute atomic E-state index is 13.9. The first kappa shape index (κ1) is 16.1. The van der Waals surface area contributed by atoms with Gasteiger partial charge in [0.1, 0.15) is 17.6 Å². The van der Waals surface area contributed by atoms with Gasteiger partial charge in [-0.05, 0) is 31.9 Å². The highest BCUT2D eigenvalue weighted by Crippen LogP contribution is 2.17. The van der Waals surface area contributed by atoms with Crippen molar-refractivity contribution < 1.29 is 18.7 Å². The third kappa shape index (κ3) is 3.13. The van der Waals surface area contributed by atoms with Crippen molar-refractivity contribution in [2.45, 2.75) is 25.9 Å². The number of nitrogens with one attached hydrogen (secondary N) is 2. The first-order chi connectivity index (χ1) is 11.6. The lowest BCUT2D eigenvalue weighted by Crippen LogP contribution is -2.46. The topological polar surface area (TPSA) is 85.2 Å². The zero-order valence-electron chi connectivity index (χ0n) is 13.1. The SMILES string of the molecule is Cc1c(C(=O)NNC(=O)C2CCCO2)cnn1-c1ccccc1F. The van der Waals surface area contributed by atoms with Crippen LogP contribution in [0.15, 0.2) is 30.5 Å². The summed E-state index contributed by atoms with van der Waals surface area (Å²) in [5, 5.41) is 4.05. The fourth-order valence-corrected chi connectivity index (χ4v) is 2.55. The maximum Gasteiger partial charge on any atom is 0.273 e. The summed E-state index contributed by atoms with van der Waals surface area (Å²) in [7, 11) is 0. The number of hydrazine groups is 1. The van der Waals surface area contributed by atoms with Crippen LogP contribution in [0.2, 0.25) is 0 Å². The molecule has 1 aromatic carbocycles. The summed E-state index contributed by atoms with van der Waals surface area (Å²) >= 11 is 0. The van der Waals surface area contributed by atoms with Gasteiger partial charge in [0, 0.05) is 6.61 Å². The Morgan fingerprint density at radius 1 is 1.33 bits per heavy atom. The van der Waals surface area contributed by atoms with E-state index in [0.717, 1.165) is 6.42 Å². The number of amides is 2. The van der Waals surface area contributed by atoms with Gasteiger partial charge in [-0.2, -0.15) is 5.10 Å². The van der Waals surface area contributed by atoms with Crippen molar-refractivity contribution in [3.63, 3.8) is 0 Å². The number of para-hydroxylation sites is 1. The molecular weight excluding hydrogens is 315 g/mol. The van der Waals surface area contributed by atoms with Gasteiger partial charge in [-0.3, -0.25) is 20.4 Å². The normalized spacial score (nSPS) is 16.8.